The van der Waals surface area contributed by atoms with Gasteiger partial charge in [0.2, 0.25) is 0 Å². The number of carbonyl (C=O) groups is 3. The Morgan fingerprint density at radius 3 is 2.04 bits per heavy atom. The molecular weight excluding hydrogens is 582 g/mol. The lowest BCUT2D eigenvalue weighted by Crippen LogP contribution is -2.43. The average molecular weight is 620 g/mol. The predicted molar refractivity (Wildman–Crippen MR) is 173 cm³/mol. The van der Waals surface area contributed by atoms with E-state index in [2.05, 4.69) is 11.4 Å². The highest BCUT2D eigenvalue weighted by molar-refractivity contribution is 5.98. The zero-order valence-corrected chi connectivity index (χ0v) is 26.4. The van der Waals surface area contributed by atoms with E-state index in [1.54, 1.807) is 38.4 Å². The molecule has 0 aliphatic rings. The maximum absolute atomic E-state index is 13.4. The second-order valence-electron chi connectivity index (χ2n) is 11.1. The largest absolute Gasteiger partial charge is 0.490 e. The molecule has 236 valence electrons. The first-order chi connectivity index (χ1) is 22.1. The summed E-state index contributed by atoms with van der Waals surface area (Å²) in [7, 11) is 3.29. The zero-order valence-electron chi connectivity index (χ0n) is 26.4. The molecule has 4 aromatic rings. The van der Waals surface area contributed by atoms with Crippen molar-refractivity contribution in [3.05, 3.63) is 130 Å². The Bertz CT molecular complexity index is 1700. The van der Waals surface area contributed by atoms with Crippen molar-refractivity contribution in [1.29, 1.82) is 5.26 Å². The van der Waals surface area contributed by atoms with Crippen molar-refractivity contribution in [3.8, 4) is 17.6 Å². The zero-order chi connectivity index (χ0) is 33.1. The molecule has 9 nitrogen and oxygen atoms in total. The van der Waals surface area contributed by atoms with Crippen LogP contribution in [0.2, 0.25) is 0 Å². The van der Waals surface area contributed by atoms with Crippen LogP contribution in [0.3, 0.4) is 0 Å². The monoisotopic (exact) mass is 619 g/mol. The molecule has 1 atom stereocenters. The van der Waals surface area contributed by atoms with Crippen molar-refractivity contribution in [1.82, 2.24) is 10.2 Å². The number of ether oxygens (including phenoxy) is 3. The Hall–Kier alpha value is -5.62. The summed E-state index contributed by atoms with van der Waals surface area (Å²) in [6.07, 6.45) is -0.124. The van der Waals surface area contributed by atoms with Gasteiger partial charge in [-0.15, -0.1) is 0 Å². The molecular formula is C37H37N3O6. The smallest absolute Gasteiger partial charge is 0.329 e. The van der Waals surface area contributed by atoms with Crippen LogP contribution in [-0.2, 0) is 29.2 Å². The third-order valence-corrected chi connectivity index (χ3v) is 6.90. The van der Waals surface area contributed by atoms with Crippen LogP contribution in [0.5, 0.6) is 11.5 Å². The van der Waals surface area contributed by atoms with E-state index < -0.39 is 17.9 Å². The van der Waals surface area contributed by atoms with Gasteiger partial charge in [0, 0.05) is 26.1 Å². The van der Waals surface area contributed by atoms with Gasteiger partial charge in [-0.3, -0.25) is 9.59 Å². The first-order valence-electron chi connectivity index (χ1n) is 14.9. The standard InChI is InChI=1S/C37H37N3O6/c1-25(2)46-33-18-16-29(21-30(33)22-38)35(41)39-32(37(43)45-24-27-13-9-6-10-14-27)20-28-15-17-34(31(19-28)36(42)40(3)4)44-23-26-11-7-5-8-12-26/h5-19,21,25,32H,20,23-24H2,1-4H3,(H,39,41)/t32-/m0/s1. The van der Waals surface area contributed by atoms with Crippen LogP contribution in [0.4, 0.5) is 0 Å². The van der Waals surface area contributed by atoms with Crippen molar-refractivity contribution < 1.29 is 28.6 Å². The summed E-state index contributed by atoms with van der Waals surface area (Å²) in [5.41, 5.74) is 3.04. The molecule has 0 bridgehead atoms. The van der Waals surface area contributed by atoms with Crippen LogP contribution < -0.4 is 14.8 Å². The van der Waals surface area contributed by atoms with Crippen LogP contribution >= 0.6 is 0 Å². The number of amides is 2. The van der Waals surface area contributed by atoms with Gasteiger partial charge in [-0.2, -0.15) is 5.26 Å². The summed E-state index contributed by atoms with van der Waals surface area (Å²) in [6, 6.07) is 29.4. The second-order valence-corrected chi connectivity index (χ2v) is 11.1. The Morgan fingerprint density at radius 1 is 0.804 bits per heavy atom. The molecule has 0 aliphatic carbocycles. The topological polar surface area (TPSA) is 118 Å². The lowest BCUT2D eigenvalue weighted by atomic mass is 10.0. The fourth-order valence-electron chi connectivity index (χ4n) is 4.59. The van der Waals surface area contributed by atoms with Crippen molar-refractivity contribution in [2.45, 2.75) is 45.6 Å². The van der Waals surface area contributed by atoms with Crippen LogP contribution in [0, 0.1) is 11.3 Å². The summed E-state index contributed by atoms with van der Waals surface area (Å²) in [5, 5.41) is 12.4. The van der Waals surface area contributed by atoms with Gasteiger partial charge in [0.05, 0.1) is 17.2 Å². The normalized spacial score (nSPS) is 11.2. The van der Waals surface area contributed by atoms with E-state index in [-0.39, 0.29) is 42.8 Å². The summed E-state index contributed by atoms with van der Waals surface area (Å²) in [4.78, 5) is 41.5. The number of benzene rings is 4. The van der Waals surface area contributed by atoms with Crippen LogP contribution in [0.15, 0.2) is 97.1 Å². The molecule has 0 spiro atoms. The molecule has 0 aliphatic heterocycles. The van der Waals surface area contributed by atoms with Crippen molar-refractivity contribution >= 4 is 17.8 Å². The first kappa shape index (κ1) is 33.3. The third-order valence-electron chi connectivity index (χ3n) is 6.90. The Morgan fingerprint density at radius 2 is 1.43 bits per heavy atom. The van der Waals surface area contributed by atoms with E-state index >= 15 is 0 Å². The molecule has 46 heavy (non-hydrogen) atoms. The number of nitrogens with one attached hydrogen (secondary N) is 1. The SMILES string of the molecule is CC(C)Oc1ccc(C(=O)N[C@@H](Cc2ccc(OCc3ccccc3)c(C(=O)N(C)C)c2)C(=O)OCc2ccccc2)cc1C#N. The Kier molecular flexibility index (Phi) is 11.5. The lowest BCUT2D eigenvalue weighted by Gasteiger charge is -2.20. The van der Waals surface area contributed by atoms with Gasteiger partial charge < -0.3 is 24.4 Å². The Labute approximate surface area is 269 Å². The van der Waals surface area contributed by atoms with Gasteiger partial charge in [-0.1, -0.05) is 66.7 Å². The molecule has 4 aromatic carbocycles. The molecule has 0 saturated heterocycles. The molecule has 0 radical (unpaired) electrons. The lowest BCUT2D eigenvalue weighted by molar-refractivity contribution is -0.147. The van der Waals surface area contributed by atoms with Gasteiger partial charge in [0.15, 0.2) is 0 Å². The molecule has 0 aromatic heterocycles. The highest BCUT2D eigenvalue weighted by atomic mass is 16.5. The molecule has 0 heterocycles. The number of nitrogens with zero attached hydrogens (tertiary/aromatic N) is 2. The van der Waals surface area contributed by atoms with Gasteiger partial charge in [0.25, 0.3) is 11.8 Å². The van der Waals surface area contributed by atoms with Crippen LogP contribution in [0.1, 0.15) is 56.8 Å². The summed E-state index contributed by atoms with van der Waals surface area (Å²) in [5.74, 6) is -0.735. The number of nitriles is 1. The van der Waals surface area contributed by atoms with E-state index in [0.717, 1.165) is 11.1 Å². The number of esters is 1. The van der Waals surface area contributed by atoms with Gasteiger partial charge >= 0.3 is 5.97 Å². The number of hydrogen-bond acceptors (Lipinski definition) is 7. The second kappa shape index (κ2) is 15.9. The van der Waals surface area contributed by atoms with E-state index in [0.29, 0.717) is 22.6 Å². The quantitative estimate of drug-likeness (QED) is 0.191. The minimum atomic E-state index is -1.10. The maximum atomic E-state index is 13.4. The third kappa shape index (κ3) is 9.19. The first-order valence-corrected chi connectivity index (χ1v) is 14.9. The van der Waals surface area contributed by atoms with Crippen LogP contribution in [0.25, 0.3) is 0 Å². The van der Waals surface area contributed by atoms with E-state index in [1.165, 1.54) is 17.0 Å². The molecule has 4 rings (SSSR count). The maximum Gasteiger partial charge on any atom is 0.329 e. The fourth-order valence-corrected chi connectivity index (χ4v) is 4.59. The van der Waals surface area contributed by atoms with E-state index in [4.69, 9.17) is 14.2 Å². The van der Waals surface area contributed by atoms with Crippen LogP contribution in [-0.4, -0.2) is 48.9 Å². The average Bonchev–Trinajstić information content (AvgIpc) is 3.06. The highest BCUT2D eigenvalue weighted by Crippen LogP contribution is 2.25. The molecule has 0 fully saturated rings. The fraction of sp³-hybridized carbons (Fsp3) is 0.243. The summed E-state index contributed by atoms with van der Waals surface area (Å²) < 4.78 is 17.3. The van der Waals surface area contributed by atoms with Gasteiger partial charge in [0.1, 0.15) is 36.8 Å². The molecule has 0 saturated carbocycles. The van der Waals surface area contributed by atoms with Gasteiger partial charge in [-0.05, 0) is 60.9 Å². The molecule has 2 amide bonds. The predicted octanol–water partition coefficient (Wildman–Crippen LogP) is 5.71. The molecule has 1 N–H and O–H groups in total. The number of carbonyl (C=O) groups excluding carboxylic acids is 3. The van der Waals surface area contributed by atoms with Crippen molar-refractivity contribution in [2.24, 2.45) is 0 Å². The summed E-state index contributed by atoms with van der Waals surface area (Å²) in [6.45, 7) is 3.96. The Balaban J connectivity index is 1.60. The minimum Gasteiger partial charge on any atom is -0.490 e. The minimum absolute atomic E-state index is 0.0164. The molecule has 9 heteroatoms. The van der Waals surface area contributed by atoms with Crippen molar-refractivity contribution in [3.63, 3.8) is 0 Å². The van der Waals surface area contributed by atoms with Crippen molar-refractivity contribution in [2.75, 3.05) is 14.1 Å². The number of rotatable bonds is 13. The molecule has 0 unspecified atom stereocenters. The van der Waals surface area contributed by atoms with E-state index in [1.807, 2.05) is 74.5 Å². The highest BCUT2D eigenvalue weighted by Gasteiger charge is 2.26. The van der Waals surface area contributed by atoms with Gasteiger partial charge in [-0.25, -0.2) is 4.79 Å². The van der Waals surface area contributed by atoms with E-state index in [9.17, 15) is 19.6 Å². The number of hydrogen-bond donors (Lipinski definition) is 1. The summed E-state index contributed by atoms with van der Waals surface area (Å²) >= 11 is 0.